The fourth-order valence-electron chi connectivity index (χ4n) is 2.29. The summed E-state index contributed by atoms with van der Waals surface area (Å²) in [6.45, 7) is 3.86. The highest BCUT2D eigenvalue weighted by atomic mass is 16.6. The van der Waals surface area contributed by atoms with Crippen LogP contribution in [0, 0.1) is 10.1 Å². The van der Waals surface area contributed by atoms with Crippen molar-refractivity contribution in [2.24, 2.45) is 0 Å². The molecule has 0 atom stereocenters. The van der Waals surface area contributed by atoms with Gasteiger partial charge in [-0.15, -0.1) is 0 Å². The number of fused-ring (bicyclic) bond motifs is 1. The highest BCUT2D eigenvalue weighted by molar-refractivity contribution is 5.99. The van der Waals surface area contributed by atoms with Gasteiger partial charge in [0.2, 0.25) is 5.91 Å². The predicted octanol–water partition coefficient (Wildman–Crippen LogP) is 2.24. The maximum Gasteiger partial charge on any atom is 0.293 e. The zero-order valence-electron chi connectivity index (χ0n) is 10.1. The molecule has 1 aliphatic heterocycles. The van der Waals surface area contributed by atoms with Crippen LogP contribution in [0.4, 0.5) is 11.4 Å². The molecule has 1 aromatic carbocycles. The van der Waals surface area contributed by atoms with E-state index in [1.807, 2.05) is 19.9 Å². The van der Waals surface area contributed by atoms with Gasteiger partial charge in [0.05, 0.1) is 4.92 Å². The summed E-state index contributed by atoms with van der Waals surface area (Å²) in [6.07, 6.45) is 0.373. The molecular formula is C12H14N2O3. The average Bonchev–Trinajstić information content (AvgIpc) is 2.24. The minimum atomic E-state index is -0.440. The Morgan fingerprint density at radius 1 is 1.41 bits per heavy atom. The molecular weight excluding hydrogens is 220 g/mol. The lowest BCUT2D eigenvalue weighted by molar-refractivity contribution is -0.384. The monoisotopic (exact) mass is 234 g/mol. The van der Waals surface area contributed by atoms with E-state index < -0.39 is 4.92 Å². The van der Waals surface area contributed by atoms with E-state index in [1.54, 1.807) is 13.1 Å². The number of rotatable bonds is 1. The van der Waals surface area contributed by atoms with Crippen molar-refractivity contribution in [1.29, 1.82) is 0 Å². The van der Waals surface area contributed by atoms with Crippen molar-refractivity contribution in [3.63, 3.8) is 0 Å². The Labute approximate surface area is 99.2 Å². The molecule has 1 aromatic rings. The first-order chi connectivity index (χ1) is 7.84. The minimum Gasteiger partial charge on any atom is -0.309 e. The van der Waals surface area contributed by atoms with Crippen molar-refractivity contribution in [2.45, 2.75) is 25.7 Å². The second-order valence-corrected chi connectivity index (χ2v) is 4.94. The molecule has 0 aliphatic carbocycles. The molecule has 1 heterocycles. The Kier molecular flexibility index (Phi) is 2.41. The number of nitrogens with zero attached hydrogens (tertiary/aromatic N) is 2. The van der Waals surface area contributed by atoms with Crippen LogP contribution >= 0.6 is 0 Å². The lowest BCUT2D eigenvalue weighted by Crippen LogP contribution is -2.39. The first-order valence-corrected chi connectivity index (χ1v) is 5.39. The topological polar surface area (TPSA) is 63.5 Å². The maximum absolute atomic E-state index is 11.9. The fraction of sp³-hybridized carbons (Fsp3) is 0.417. The van der Waals surface area contributed by atoms with Crippen LogP contribution in [0.5, 0.6) is 0 Å². The molecule has 0 bridgehead atoms. The van der Waals surface area contributed by atoms with E-state index in [0.29, 0.717) is 12.1 Å². The second kappa shape index (κ2) is 3.55. The van der Waals surface area contributed by atoms with Gasteiger partial charge in [0, 0.05) is 24.9 Å². The Bertz CT molecular complexity index is 508. The van der Waals surface area contributed by atoms with E-state index in [9.17, 15) is 14.9 Å². The third kappa shape index (κ3) is 1.67. The summed E-state index contributed by atoms with van der Waals surface area (Å²) in [5.41, 5.74) is 0.920. The number of hydrogen-bond acceptors (Lipinski definition) is 3. The number of carbonyl (C=O) groups is 1. The Morgan fingerprint density at radius 2 is 2.06 bits per heavy atom. The minimum absolute atomic E-state index is 0.00822. The zero-order valence-corrected chi connectivity index (χ0v) is 10.1. The van der Waals surface area contributed by atoms with Crippen molar-refractivity contribution < 1.29 is 9.72 Å². The molecule has 1 amide bonds. The van der Waals surface area contributed by atoms with E-state index in [4.69, 9.17) is 0 Å². The van der Waals surface area contributed by atoms with Crippen molar-refractivity contribution in [1.82, 2.24) is 0 Å². The van der Waals surface area contributed by atoms with Gasteiger partial charge in [0.25, 0.3) is 5.69 Å². The van der Waals surface area contributed by atoms with Gasteiger partial charge in [-0.2, -0.15) is 0 Å². The van der Waals surface area contributed by atoms with Crippen molar-refractivity contribution in [2.75, 3.05) is 11.9 Å². The largest absolute Gasteiger partial charge is 0.309 e. The summed E-state index contributed by atoms with van der Waals surface area (Å²) in [5.74, 6) is -0.0863. The quantitative estimate of drug-likeness (QED) is 0.553. The summed E-state index contributed by atoms with van der Waals surface area (Å²) < 4.78 is 0. The molecule has 2 rings (SSSR count). The van der Waals surface area contributed by atoms with Crippen LogP contribution in [0.3, 0.4) is 0 Å². The highest BCUT2D eigenvalue weighted by Crippen LogP contribution is 2.44. The molecule has 0 saturated heterocycles. The molecule has 17 heavy (non-hydrogen) atoms. The number of benzene rings is 1. The van der Waals surface area contributed by atoms with E-state index in [-0.39, 0.29) is 17.0 Å². The number of anilines is 1. The molecule has 0 N–H and O–H groups in total. The molecule has 0 radical (unpaired) electrons. The van der Waals surface area contributed by atoms with Gasteiger partial charge in [-0.05, 0) is 5.56 Å². The van der Waals surface area contributed by atoms with Crippen molar-refractivity contribution in [3.05, 3.63) is 33.9 Å². The van der Waals surface area contributed by atoms with Crippen molar-refractivity contribution >= 4 is 17.3 Å². The van der Waals surface area contributed by atoms with Gasteiger partial charge in [-0.3, -0.25) is 14.9 Å². The standard InChI is InChI=1S/C12H14N2O3/c1-12(2)7-10(15)13(3)11-8(12)5-4-6-9(11)14(16)17/h4-6H,7H2,1-3H3. The summed E-state index contributed by atoms with van der Waals surface area (Å²) in [5, 5.41) is 11.0. The summed E-state index contributed by atoms with van der Waals surface area (Å²) in [4.78, 5) is 23.8. The SMILES string of the molecule is CN1C(=O)CC(C)(C)c2cccc([N+](=O)[O-])c21. The average molecular weight is 234 g/mol. The van der Waals surface area contributed by atoms with Crippen LogP contribution in [-0.4, -0.2) is 17.9 Å². The van der Waals surface area contributed by atoms with Gasteiger partial charge < -0.3 is 4.90 Å². The van der Waals surface area contributed by atoms with Crippen LogP contribution in [0.1, 0.15) is 25.8 Å². The number of para-hydroxylation sites is 1. The molecule has 1 aliphatic rings. The number of nitro groups is 1. The summed E-state index contributed by atoms with van der Waals surface area (Å²) >= 11 is 0. The summed E-state index contributed by atoms with van der Waals surface area (Å²) in [7, 11) is 1.59. The van der Waals surface area contributed by atoms with E-state index in [1.165, 1.54) is 11.0 Å². The number of carbonyl (C=O) groups excluding carboxylic acids is 1. The molecule has 90 valence electrons. The molecule has 0 saturated carbocycles. The lowest BCUT2D eigenvalue weighted by atomic mass is 9.77. The van der Waals surface area contributed by atoms with Gasteiger partial charge >= 0.3 is 0 Å². The fourth-order valence-corrected chi connectivity index (χ4v) is 2.29. The lowest BCUT2D eigenvalue weighted by Gasteiger charge is -2.36. The molecule has 0 fully saturated rings. The Hall–Kier alpha value is -1.91. The molecule has 5 nitrogen and oxygen atoms in total. The Morgan fingerprint density at radius 3 is 2.65 bits per heavy atom. The number of amides is 1. The highest BCUT2D eigenvalue weighted by Gasteiger charge is 2.38. The van der Waals surface area contributed by atoms with Gasteiger partial charge in [-0.25, -0.2) is 0 Å². The maximum atomic E-state index is 11.9. The van der Waals surface area contributed by atoms with E-state index >= 15 is 0 Å². The first kappa shape index (κ1) is 11.6. The third-order valence-corrected chi connectivity index (χ3v) is 3.24. The molecule has 0 spiro atoms. The van der Waals surface area contributed by atoms with E-state index in [2.05, 4.69) is 0 Å². The van der Waals surface area contributed by atoms with Crippen LogP contribution in [0.2, 0.25) is 0 Å². The van der Waals surface area contributed by atoms with E-state index in [0.717, 1.165) is 5.56 Å². The zero-order chi connectivity index (χ0) is 12.8. The normalized spacial score (nSPS) is 17.8. The van der Waals surface area contributed by atoms with Gasteiger partial charge in [0.15, 0.2) is 0 Å². The Balaban J connectivity index is 2.74. The summed E-state index contributed by atoms with van der Waals surface area (Å²) in [6, 6.07) is 4.96. The number of nitro benzene ring substituents is 1. The van der Waals surface area contributed by atoms with Crippen LogP contribution in [0.25, 0.3) is 0 Å². The predicted molar refractivity (Wildman–Crippen MR) is 64.1 cm³/mol. The number of hydrogen-bond donors (Lipinski definition) is 0. The molecule has 0 aromatic heterocycles. The van der Waals surface area contributed by atoms with Crippen LogP contribution < -0.4 is 4.90 Å². The molecule has 0 unspecified atom stereocenters. The van der Waals surface area contributed by atoms with Gasteiger partial charge in [-0.1, -0.05) is 26.0 Å². The smallest absolute Gasteiger partial charge is 0.293 e. The van der Waals surface area contributed by atoms with Gasteiger partial charge in [0.1, 0.15) is 5.69 Å². The van der Waals surface area contributed by atoms with Crippen LogP contribution in [0.15, 0.2) is 18.2 Å². The van der Waals surface area contributed by atoms with Crippen molar-refractivity contribution in [3.8, 4) is 0 Å². The van der Waals surface area contributed by atoms with Crippen LogP contribution in [-0.2, 0) is 10.2 Å². The molecule has 5 heteroatoms. The first-order valence-electron chi connectivity index (χ1n) is 5.39. The second-order valence-electron chi connectivity index (χ2n) is 4.94. The third-order valence-electron chi connectivity index (χ3n) is 3.24.